The van der Waals surface area contributed by atoms with Gasteiger partial charge in [-0.05, 0) is 31.0 Å². The number of carbonyl (C=O) groups excluding carboxylic acids is 1. The van der Waals surface area contributed by atoms with Gasteiger partial charge in [-0.25, -0.2) is 9.59 Å². The van der Waals surface area contributed by atoms with Gasteiger partial charge in [0.2, 0.25) is 0 Å². The van der Waals surface area contributed by atoms with Crippen molar-refractivity contribution in [1.82, 2.24) is 5.32 Å². The van der Waals surface area contributed by atoms with Crippen LogP contribution >= 0.6 is 11.6 Å². The van der Waals surface area contributed by atoms with Crippen LogP contribution in [0.15, 0.2) is 18.2 Å². The summed E-state index contributed by atoms with van der Waals surface area (Å²) in [6.07, 6.45) is 6.60. The Morgan fingerprint density at radius 1 is 1.14 bits per heavy atom. The fraction of sp³-hybridized carbons (Fsp3) is 0.467. The van der Waals surface area contributed by atoms with Gasteiger partial charge >= 0.3 is 12.0 Å². The third-order valence-corrected chi connectivity index (χ3v) is 3.89. The first-order valence-electron chi connectivity index (χ1n) is 7.16. The summed E-state index contributed by atoms with van der Waals surface area (Å²) >= 11 is 5.78. The summed E-state index contributed by atoms with van der Waals surface area (Å²) in [5.41, 5.74) is 0.233. The lowest BCUT2D eigenvalue weighted by atomic mass is 10.1. The van der Waals surface area contributed by atoms with Crippen LogP contribution in [0.3, 0.4) is 0 Å². The number of carbonyl (C=O) groups is 2. The molecule has 0 heterocycles. The number of hydrogen-bond acceptors (Lipinski definition) is 2. The zero-order valence-electron chi connectivity index (χ0n) is 11.7. The Hall–Kier alpha value is -1.75. The van der Waals surface area contributed by atoms with Gasteiger partial charge in [0.05, 0.1) is 11.3 Å². The predicted molar refractivity (Wildman–Crippen MR) is 82.1 cm³/mol. The summed E-state index contributed by atoms with van der Waals surface area (Å²) in [6.45, 7) is 0. The highest BCUT2D eigenvalue weighted by Gasteiger charge is 2.17. The molecule has 3 N–H and O–H groups in total. The van der Waals surface area contributed by atoms with E-state index in [1.165, 1.54) is 25.0 Å². The van der Waals surface area contributed by atoms with Crippen LogP contribution in [0.2, 0.25) is 5.02 Å². The molecule has 21 heavy (non-hydrogen) atoms. The highest BCUT2D eigenvalue weighted by atomic mass is 35.5. The second-order valence-corrected chi connectivity index (χ2v) is 5.72. The second kappa shape index (κ2) is 7.31. The van der Waals surface area contributed by atoms with Crippen LogP contribution in [0.25, 0.3) is 0 Å². The number of aromatic carboxylic acids is 1. The van der Waals surface area contributed by atoms with E-state index in [2.05, 4.69) is 10.6 Å². The molecule has 0 aliphatic heterocycles. The zero-order valence-corrected chi connectivity index (χ0v) is 12.4. The molecule has 2 rings (SSSR count). The summed E-state index contributed by atoms with van der Waals surface area (Å²) in [7, 11) is 0. The van der Waals surface area contributed by atoms with E-state index in [0.717, 1.165) is 25.7 Å². The molecular weight excluding hydrogens is 292 g/mol. The van der Waals surface area contributed by atoms with Crippen molar-refractivity contribution in [2.75, 3.05) is 5.32 Å². The van der Waals surface area contributed by atoms with Crippen molar-refractivity contribution in [3.63, 3.8) is 0 Å². The molecule has 114 valence electrons. The van der Waals surface area contributed by atoms with Crippen LogP contribution < -0.4 is 10.6 Å². The topological polar surface area (TPSA) is 78.4 Å². The zero-order chi connectivity index (χ0) is 15.2. The third kappa shape index (κ3) is 4.63. The lowest BCUT2D eigenvalue weighted by Crippen LogP contribution is -2.37. The van der Waals surface area contributed by atoms with Crippen molar-refractivity contribution in [3.05, 3.63) is 28.8 Å². The highest BCUT2D eigenvalue weighted by Crippen LogP contribution is 2.21. The predicted octanol–water partition coefficient (Wildman–Crippen LogP) is 3.88. The summed E-state index contributed by atoms with van der Waals surface area (Å²) in [6, 6.07) is 4.17. The van der Waals surface area contributed by atoms with Crippen molar-refractivity contribution in [3.8, 4) is 0 Å². The van der Waals surface area contributed by atoms with E-state index in [1.807, 2.05) is 0 Å². The Kier molecular flexibility index (Phi) is 5.44. The molecule has 1 aromatic carbocycles. The van der Waals surface area contributed by atoms with Gasteiger partial charge in [0, 0.05) is 11.1 Å². The van der Waals surface area contributed by atoms with Crippen LogP contribution in [0.1, 0.15) is 48.9 Å². The molecule has 1 saturated carbocycles. The number of amides is 2. The van der Waals surface area contributed by atoms with E-state index in [4.69, 9.17) is 16.7 Å². The van der Waals surface area contributed by atoms with Gasteiger partial charge in [-0.15, -0.1) is 0 Å². The Balaban J connectivity index is 2.00. The van der Waals surface area contributed by atoms with E-state index < -0.39 is 5.97 Å². The number of rotatable bonds is 3. The summed E-state index contributed by atoms with van der Waals surface area (Å²) < 4.78 is 0. The fourth-order valence-corrected chi connectivity index (χ4v) is 2.74. The minimum Gasteiger partial charge on any atom is -0.478 e. The number of halogens is 1. The lowest BCUT2D eigenvalue weighted by Gasteiger charge is -2.17. The van der Waals surface area contributed by atoms with Crippen LogP contribution in [0.4, 0.5) is 10.5 Å². The molecule has 1 aromatic rings. The summed E-state index contributed by atoms with van der Waals surface area (Å²) in [4.78, 5) is 23.2. The maximum atomic E-state index is 12.0. The maximum Gasteiger partial charge on any atom is 0.337 e. The molecule has 0 aromatic heterocycles. The van der Waals surface area contributed by atoms with E-state index in [-0.39, 0.29) is 23.3 Å². The van der Waals surface area contributed by atoms with E-state index in [9.17, 15) is 9.59 Å². The molecule has 0 bridgehead atoms. The summed E-state index contributed by atoms with van der Waals surface area (Å²) in [5, 5.41) is 15.0. The molecule has 2 amide bonds. The number of carboxylic acids is 1. The molecule has 1 aliphatic rings. The second-order valence-electron chi connectivity index (χ2n) is 5.28. The molecule has 0 radical (unpaired) electrons. The standard InChI is InChI=1S/C15H19ClN2O3/c16-10-7-8-13(12(9-10)14(19)20)18-15(21)17-11-5-3-1-2-4-6-11/h7-9,11H,1-6H2,(H,19,20)(H2,17,18,21). The molecule has 1 aliphatic carbocycles. The largest absolute Gasteiger partial charge is 0.478 e. The Morgan fingerprint density at radius 2 is 1.81 bits per heavy atom. The monoisotopic (exact) mass is 310 g/mol. The fourth-order valence-electron chi connectivity index (χ4n) is 2.57. The van der Waals surface area contributed by atoms with Crippen molar-refractivity contribution < 1.29 is 14.7 Å². The van der Waals surface area contributed by atoms with Crippen molar-refractivity contribution in [2.24, 2.45) is 0 Å². The van der Waals surface area contributed by atoms with Crippen LogP contribution in [0, 0.1) is 0 Å². The number of hydrogen-bond donors (Lipinski definition) is 3. The van der Waals surface area contributed by atoms with Gasteiger partial charge in [0.15, 0.2) is 0 Å². The van der Waals surface area contributed by atoms with Crippen LogP contribution in [-0.4, -0.2) is 23.1 Å². The maximum absolute atomic E-state index is 12.0. The van der Waals surface area contributed by atoms with Gasteiger partial charge in [-0.3, -0.25) is 0 Å². The number of nitrogens with one attached hydrogen (secondary N) is 2. The highest BCUT2D eigenvalue weighted by molar-refractivity contribution is 6.31. The average molecular weight is 311 g/mol. The molecule has 0 atom stereocenters. The number of carboxylic acid groups (broad SMARTS) is 1. The Morgan fingerprint density at radius 3 is 2.43 bits per heavy atom. The number of benzene rings is 1. The van der Waals surface area contributed by atoms with Gasteiger partial charge in [0.25, 0.3) is 0 Å². The van der Waals surface area contributed by atoms with Crippen molar-refractivity contribution in [1.29, 1.82) is 0 Å². The van der Waals surface area contributed by atoms with E-state index in [0.29, 0.717) is 5.02 Å². The van der Waals surface area contributed by atoms with Crippen molar-refractivity contribution >= 4 is 29.3 Å². The van der Waals surface area contributed by atoms with Crippen LogP contribution in [0.5, 0.6) is 0 Å². The Labute approximate surface area is 128 Å². The normalized spacial score (nSPS) is 16.0. The van der Waals surface area contributed by atoms with Crippen LogP contribution in [-0.2, 0) is 0 Å². The lowest BCUT2D eigenvalue weighted by molar-refractivity contribution is 0.0698. The first-order chi connectivity index (χ1) is 10.1. The van der Waals surface area contributed by atoms with Gasteiger partial charge in [0.1, 0.15) is 0 Å². The SMILES string of the molecule is O=C(Nc1ccc(Cl)cc1C(=O)O)NC1CCCCCC1. The van der Waals surface area contributed by atoms with Crippen molar-refractivity contribution in [2.45, 2.75) is 44.6 Å². The quantitative estimate of drug-likeness (QED) is 0.741. The smallest absolute Gasteiger partial charge is 0.337 e. The van der Waals surface area contributed by atoms with Gasteiger partial charge < -0.3 is 15.7 Å². The molecule has 0 unspecified atom stereocenters. The first-order valence-corrected chi connectivity index (χ1v) is 7.54. The van der Waals surface area contributed by atoms with E-state index >= 15 is 0 Å². The average Bonchev–Trinajstić information content (AvgIpc) is 2.69. The third-order valence-electron chi connectivity index (χ3n) is 3.65. The minimum absolute atomic E-state index is 0.0153. The minimum atomic E-state index is -1.12. The van der Waals surface area contributed by atoms with E-state index in [1.54, 1.807) is 6.07 Å². The summed E-state index contributed by atoms with van der Waals surface area (Å²) in [5.74, 6) is -1.12. The number of urea groups is 1. The number of anilines is 1. The molecular formula is C15H19ClN2O3. The molecule has 0 saturated heterocycles. The molecule has 6 heteroatoms. The molecule has 5 nitrogen and oxygen atoms in total. The Bertz CT molecular complexity index is 526. The first kappa shape index (κ1) is 15.6. The van der Waals surface area contributed by atoms with Gasteiger partial charge in [-0.1, -0.05) is 37.3 Å². The molecule has 0 spiro atoms. The molecule has 1 fully saturated rings. The van der Waals surface area contributed by atoms with Gasteiger partial charge in [-0.2, -0.15) is 0 Å².